The standard InChI is InChI=1S/C17H24N4O/c1-12-10-15(19-16(18-12)13-4-5-13)21-9-6-14(11-21)17(22)20-7-2-3-8-20/h10,13-14H,2-9,11H2,1H3. The monoisotopic (exact) mass is 300 g/mol. The summed E-state index contributed by atoms with van der Waals surface area (Å²) in [4.78, 5) is 26.2. The summed E-state index contributed by atoms with van der Waals surface area (Å²) < 4.78 is 0. The molecule has 2 aliphatic heterocycles. The van der Waals surface area contributed by atoms with Crippen molar-refractivity contribution >= 4 is 11.7 Å². The fourth-order valence-electron chi connectivity index (χ4n) is 3.63. The Bertz CT molecular complexity index is 578. The van der Waals surface area contributed by atoms with Crippen molar-refractivity contribution < 1.29 is 4.79 Å². The number of likely N-dealkylation sites (tertiary alicyclic amines) is 1. The smallest absolute Gasteiger partial charge is 0.227 e. The molecular formula is C17H24N4O. The van der Waals surface area contributed by atoms with Gasteiger partial charge in [0, 0.05) is 43.9 Å². The Hall–Kier alpha value is -1.65. The van der Waals surface area contributed by atoms with Gasteiger partial charge in [0.1, 0.15) is 11.6 Å². The van der Waals surface area contributed by atoms with E-state index in [2.05, 4.69) is 20.9 Å². The van der Waals surface area contributed by atoms with Crippen molar-refractivity contribution in [1.82, 2.24) is 14.9 Å². The summed E-state index contributed by atoms with van der Waals surface area (Å²) in [6.07, 6.45) is 5.73. The zero-order valence-corrected chi connectivity index (χ0v) is 13.3. The van der Waals surface area contributed by atoms with Crippen molar-refractivity contribution in [3.63, 3.8) is 0 Å². The van der Waals surface area contributed by atoms with E-state index in [4.69, 9.17) is 4.98 Å². The molecule has 3 aliphatic rings. The number of aryl methyl sites for hydroxylation is 1. The lowest BCUT2D eigenvalue weighted by molar-refractivity contribution is -0.133. The van der Waals surface area contributed by atoms with Crippen LogP contribution in [0.1, 0.15) is 49.5 Å². The van der Waals surface area contributed by atoms with Gasteiger partial charge in [0.15, 0.2) is 0 Å². The summed E-state index contributed by atoms with van der Waals surface area (Å²) in [6, 6.07) is 2.06. The van der Waals surface area contributed by atoms with Crippen molar-refractivity contribution in [3.05, 3.63) is 17.6 Å². The first-order chi connectivity index (χ1) is 10.7. The van der Waals surface area contributed by atoms with Gasteiger partial charge in [-0.1, -0.05) is 0 Å². The largest absolute Gasteiger partial charge is 0.356 e. The highest BCUT2D eigenvalue weighted by molar-refractivity contribution is 5.80. The summed E-state index contributed by atoms with van der Waals surface area (Å²) in [5.74, 6) is 3.10. The SMILES string of the molecule is Cc1cc(N2CCC(C(=O)N3CCCC3)C2)nc(C2CC2)n1. The molecule has 0 aromatic carbocycles. The van der Waals surface area contributed by atoms with Crippen molar-refractivity contribution in [1.29, 1.82) is 0 Å². The minimum absolute atomic E-state index is 0.151. The number of rotatable bonds is 3. The van der Waals surface area contributed by atoms with Crippen molar-refractivity contribution in [2.24, 2.45) is 5.92 Å². The second kappa shape index (κ2) is 5.52. The predicted molar refractivity (Wildman–Crippen MR) is 84.9 cm³/mol. The Kier molecular flexibility index (Phi) is 3.51. The van der Waals surface area contributed by atoms with Crippen LogP contribution in [0.4, 0.5) is 5.82 Å². The number of carbonyl (C=O) groups is 1. The Morgan fingerprint density at radius 1 is 1.14 bits per heavy atom. The normalized spacial score (nSPS) is 25.0. The number of hydrogen-bond donors (Lipinski definition) is 0. The van der Waals surface area contributed by atoms with Crippen LogP contribution in [0, 0.1) is 12.8 Å². The number of aromatic nitrogens is 2. The van der Waals surface area contributed by atoms with Gasteiger partial charge in [0.05, 0.1) is 5.92 Å². The minimum Gasteiger partial charge on any atom is -0.356 e. The fourth-order valence-corrected chi connectivity index (χ4v) is 3.63. The summed E-state index contributed by atoms with van der Waals surface area (Å²) in [7, 11) is 0. The lowest BCUT2D eigenvalue weighted by atomic mass is 10.1. The van der Waals surface area contributed by atoms with E-state index in [0.717, 1.165) is 62.8 Å². The van der Waals surface area contributed by atoms with Crippen LogP contribution in [0.2, 0.25) is 0 Å². The maximum atomic E-state index is 12.5. The molecule has 1 aromatic heterocycles. The number of amides is 1. The lowest BCUT2D eigenvalue weighted by Crippen LogP contribution is -2.35. The van der Waals surface area contributed by atoms with E-state index in [1.165, 1.54) is 12.8 Å². The molecule has 5 heteroatoms. The third-order valence-electron chi connectivity index (χ3n) is 5.08. The van der Waals surface area contributed by atoms with E-state index in [9.17, 15) is 4.79 Å². The van der Waals surface area contributed by atoms with Crippen LogP contribution in [0.15, 0.2) is 6.07 Å². The minimum atomic E-state index is 0.151. The highest BCUT2D eigenvalue weighted by atomic mass is 16.2. The van der Waals surface area contributed by atoms with Gasteiger partial charge in [-0.25, -0.2) is 9.97 Å². The molecule has 3 fully saturated rings. The second-order valence-corrected chi connectivity index (χ2v) is 6.96. The van der Waals surface area contributed by atoms with E-state index < -0.39 is 0 Å². The molecule has 0 spiro atoms. The van der Waals surface area contributed by atoms with Gasteiger partial charge < -0.3 is 9.80 Å². The van der Waals surface area contributed by atoms with E-state index in [0.29, 0.717) is 11.8 Å². The molecule has 0 N–H and O–H groups in total. The summed E-state index contributed by atoms with van der Waals surface area (Å²) >= 11 is 0. The molecule has 2 saturated heterocycles. The van der Waals surface area contributed by atoms with Crippen LogP contribution in [-0.4, -0.2) is 47.0 Å². The second-order valence-electron chi connectivity index (χ2n) is 6.96. The maximum absolute atomic E-state index is 12.5. The zero-order chi connectivity index (χ0) is 15.1. The average molecular weight is 300 g/mol. The first-order valence-electron chi connectivity index (χ1n) is 8.60. The van der Waals surface area contributed by atoms with Gasteiger partial charge in [-0.2, -0.15) is 0 Å². The number of anilines is 1. The maximum Gasteiger partial charge on any atom is 0.227 e. The Morgan fingerprint density at radius 3 is 2.64 bits per heavy atom. The summed E-state index contributed by atoms with van der Waals surface area (Å²) in [5.41, 5.74) is 1.04. The van der Waals surface area contributed by atoms with Gasteiger partial charge in [-0.15, -0.1) is 0 Å². The quantitative estimate of drug-likeness (QED) is 0.858. The lowest BCUT2D eigenvalue weighted by Gasteiger charge is -2.21. The van der Waals surface area contributed by atoms with Crippen LogP contribution in [0.3, 0.4) is 0 Å². The Balaban J connectivity index is 1.47. The molecule has 1 atom stereocenters. The first kappa shape index (κ1) is 14.0. The number of hydrogen-bond acceptors (Lipinski definition) is 4. The summed E-state index contributed by atoms with van der Waals surface area (Å²) in [6.45, 7) is 5.70. The van der Waals surface area contributed by atoms with E-state index in [1.54, 1.807) is 0 Å². The number of nitrogens with zero attached hydrogens (tertiary/aromatic N) is 4. The van der Waals surface area contributed by atoms with Crippen molar-refractivity contribution in [2.45, 2.75) is 44.9 Å². The van der Waals surface area contributed by atoms with Gasteiger partial charge in [0.25, 0.3) is 0 Å². The van der Waals surface area contributed by atoms with Gasteiger partial charge in [0.2, 0.25) is 5.91 Å². The predicted octanol–water partition coefficient (Wildman–Crippen LogP) is 2.11. The highest BCUT2D eigenvalue weighted by Gasteiger charge is 2.34. The van der Waals surface area contributed by atoms with Crippen LogP contribution < -0.4 is 4.90 Å². The van der Waals surface area contributed by atoms with E-state index in [1.807, 2.05) is 6.92 Å². The van der Waals surface area contributed by atoms with Gasteiger partial charge in [-0.05, 0) is 39.0 Å². The molecule has 0 bridgehead atoms. The molecule has 22 heavy (non-hydrogen) atoms. The van der Waals surface area contributed by atoms with Crippen LogP contribution in [0.25, 0.3) is 0 Å². The molecule has 1 amide bonds. The fraction of sp³-hybridized carbons (Fsp3) is 0.706. The molecule has 1 unspecified atom stereocenters. The molecule has 5 nitrogen and oxygen atoms in total. The molecule has 3 heterocycles. The average Bonchev–Trinajstić information content (AvgIpc) is 3.03. The van der Waals surface area contributed by atoms with Gasteiger partial charge >= 0.3 is 0 Å². The third-order valence-corrected chi connectivity index (χ3v) is 5.08. The van der Waals surface area contributed by atoms with Crippen molar-refractivity contribution in [2.75, 3.05) is 31.1 Å². The van der Waals surface area contributed by atoms with Crippen molar-refractivity contribution in [3.8, 4) is 0 Å². The molecular weight excluding hydrogens is 276 g/mol. The molecule has 1 saturated carbocycles. The molecule has 1 aliphatic carbocycles. The topological polar surface area (TPSA) is 49.3 Å². The van der Waals surface area contributed by atoms with Crippen LogP contribution >= 0.6 is 0 Å². The van der Waals surface area contributed by atoms with Crippen LogP contribution in [0.5, 0.6) is 0 Å². The van der Waals surface area contributed by atoms with E-state index >= 15 is 0 Å². The molecule has 0 radical (unpaired) electrons. The zero-order valence-electron chi connectivity index (χ0n) is 13.3. The third kappa shape index (κ3) is 2.69. The van der Waals surface area contributed by atoms with E-state index in [-0.39, 0.29) is 5.92 Å². The highest BCUT2D eigenvalue weighted by Crippen LogP contribution is 2.39. The summed E-state index contributed by atoms with van der Waals surface area (Å²) in [5, 5.41) is 0. The number of carbonyl (C=O) groups excluding carboxylic acids is 1. The Morgan fingerprint density at radius 2 is 1.91 bits per heavy atom. The first-order valence-corrected chi connectivity index (χ1v) is 8.60. The molecule has 118 valence electrons. The Labute approximate surface area is 131 Å². The molecule has 4 rings (SSSR count). The van der Waals surface area contributed by atoms with Crippen LogP contribution in [-0.2, 0) is 4.79 Å². The van der Waals surface area contributed by atoms with Gasteiger partial charge in [-0.3, -0.25) is 4.79 Å². The molecule has 1 aromatic rings.